The van der Waals surface area contributed by atoms with Gasteiger partial charge in [-0.3, -0.25) is 0 Å². The number of sulfonamides is 1. The third-order valence-corrected chi connectivity index (χ3v) is 5.17. The first-order valence-corrected chi connectivity index (χ1v) is 7.91. The van der Waals surface area contributed by atoms with Gasteiger partial charge in [0.2, 0.25) is 10.0 Å². The van der Waals surface area contributed by atoms with Crippen molar-refractivity contribution in [1.82, 2.24) is 9.21 Å². The Morgan fingerprint density at radius 3 is 2.40 bits per heavy atom. The van der Waals surface area contributed by atoms with Crippen LogP contribution in [0.25, 0.3) is 0 Å². The molecule has 0 aliphatic rings. The van der Waals surface area contributed by atoms with E-state index in [4.69, 9.17) is 16.9 Å². The summed E-state index contributed by atoms with van der Waals surface area (Å²) in [7, 11) is 1.78. The lowest BCUT2D eigenvalue weighted by Gasteiger charge is -2.19. The molecule has 1 aromatic rings. The van der Waals surface area contributed by atoms with Crippen LogP contribution in [0.2, 0.25) is 5.02 Å². The lowest BCUT2D eigenvalue weighted by Crippen LogP contribution is -2.30. The highest BCUT2D eigenvalue weighted by Gasteiger charge is 2.23. The molecule has 20 heavy (non-hydrogen) atoms. The Hall–Kier alpha value is -1.13. The summed E-state index contributed by atoms with van der Waals surface area (Å²) in [5, 5.41) is 8.83. The fraction of sp³-hybridized carbons (Fsp3) is 0.462. The number of nitriles is 1. The van der Waals surface area contributed by atoms with Crippen molar-refractivity contribution < 1.29 is 8.42 Å². The molecule has 0 aliphatic carbocycles. The zero-order valence-electron chi connectivity index (χ0n) is 11.8. The molecule has 0 radical (unpaired) electrons. The molecule has 7 heteroatoms. The standard InChI is InChI=1S/C13H18ClN3O2S/c1-16(2)7-4-8-17(3)20(18,19)13-6-5-11(10-15)9-12(13)14/h5-6,9H,4,7-8H2,1-3H3. The SMILES string of the molecule is CN(C)CCCN(C)S(=O)(=O)c1ccc(C#N)cc1Cl. The van der Waals surface area contributed by atoms with E-state index in [1.807, 2.05) is 25.1 Å². The Balaban J connectivity index is 2.91. The quantitative estimate of drug-likeness (QED) is 0.802. The molecular weight excluding hydrogens is 298 g/mol. The predicted molar refractivity (Wildman–Crippen MR) is 79.2 cm³/mol. The van der Waals surface area contributed by atoms with Gasteiger partial charge in [-0.15, -0.1) is 0 Å². The molecule has 0 amide bonds. The maximum atomic E-state index is 12.4. The van der Waals surface area contributed by atoms with Crippen LogP contribution in [-0.4, -0.2) is 51.9 Å². The number of halogens is 1. The van der Waals surface area contributed by atoms with Crippen LogP contribution >= 0.6 is 11.6 Å². The van der Waals surface area contributed by atoms with E-state index in [9.17, 15) is 8.42 Å². The smallest absolute Gasteiger partial charge is 0.244 e. The van der Waals surface area contributed by atoms with Gasteiger partial charge in [0.05, 0.1) is 16.7 Å². The van der Waals surface area contributed by atoms with Crippen LogP contribution in [0.1, 0.15) is 12.0 Å². The molecule has 0 aromatic heterocycles. The molecule has 0 saturated heterocycles. The Morgan fingerprint density at radius 1 is 1.25 bits per heavy atom. The summed E-state index contributed by atoms with van der Waals surface area (Å²) in [5.41, 5.74) is 0.337. The molecule has 0 fully saturated rings. The monoisotopic (exact) mass is 315 g/mol. The topological polar surface area (TPSA) is 64.4 Å². The molecule has 0 unspecified atom stereocenters. The zero-order valence-corrected chi connectivity index (χ0v) is 13.4. The molecule has 0 atom stereocenters. The molecule has 0 bridgehead atoms. The van der Waals surface area contributed by atoms with E-state index in [0.29, 0.717) is 12.1 Å². The molecule has 0 aliphatic heterocycles. The maximum Gasteiger partial charge on any atom is 0.244 e. The van der Waals surface area contributed by atoms with Crippen molar-refractivity contribution in [2.45, 2.75) is 11.3 Å². The Bertz CT molecular complexity index is 609. The van der Waals surface area contributed by atoms with Gasteiger partial charge >= 0.3 is 0 Å². The molecule has 110 valence electrons. The van der Waals surface area contributed by atoms with Crippen LogP contribution in [0.3, 0.4) is 0 Å². The van der Waals surface area contributed by atoms with Gasteiger partial charge < -0.3 is 4.90 Å². The molecular formula is C13H18ClN3O2S. The summed E-state index contributed by atoms with van der Waals surface area (Å²) in [6.45, 7) is 1.22. The molecule has 1 aromatic carbocycles. The summed E-state index contributed by atoms with van der Waals surface area (Å²) < 4.78 is 26.0. The number of rotatable bonds is 6. The fourth-order valence-corrected chi connectivity index (χ4v) is 3.40. The van der Waals surface area contributed by atoms with Crippen LogP contribution in [0, 0.1) is 11.3 Å². The Morgan fingerprint density at radius 2 is 1.90 bits per heavy atom. The predicted octanol–water partition coefficient (Wildman–Crippen LogP) is 1.78. The van der Waals surface area contributed by atoms with Gasteiger partial charge in [-0.05, 0) is 45.3 Å². The number of hydrogen-bond donors (Lipinski definition) is 0. The van der Waals surface area contributed by atoms with Crippen LogP contribution in [0.15, 0.2) is 23.1 Å². The van der Waals surface area contributed by atoms with Crippen LogP contribution in [0.4, 0.5) is 0 Å². The van der Waals surface area contributed by atoms with Crippen LogP contribution in [-0.2, 0) is 10.0 Å². The highest BCUT2D eigenvalue weighted by atomic mass is 35.5. The highest BCUT2D eigenvalue weighted by molar-refractivity contribution is 7.89. The highest BCUT2D eigenvalue weighted by Crippen LogP contribution is 2.25. The second kappa shape index (κ2) is 7.04. The van der Waals surface area contributed by atoms with Crippen molar-refractivity contribution in [3.8, 4) is 6.07 Å². The zero-order chi connectivity index (χ0) is 15.3. The van der Waals surface area contributed by atoms with Gasteiger partial charge in [0.15, 0.2) is 0 Å². The minimum absolute atomic E-state index is 0.0329. The summed E-state index contributed by atoms with van der Waals surface area (Å²) >= 11 is 5.96. The van der Waals surface area contributed by atoms with Crippen molar-refractivity contribution in [2.24, 2.45) is 0 Å². The van der Waals surface area contributed by atoms with E-state index in [1.165, 1.54) is 29.6 Å². The summed E-state index contributed by atoms with van der Waals surface area (Å²) in [6.07, 6.45) is 0.733. The van der Waals surface area contributed by atoms with Gasteiger partial charge in [0.25, 0.3) is 0 Å². The van der Waals surface area contributed by atoms with E-state index in [-0.39, 0.29) is 9.92 Å². The van der Waals surface area contributed by atoms with Gasteiger partial charge in [-0.1, -0.05) is 11.6 Å². The fourth-order valence-electron chi connectivity index (χ4n) is 1.68. The second-order valence-corrected chi connectivity index (χ2v) is 7.16. The van der Waals surface area contributed by atoms with E-state index in [0.717, 1.165) is 13.0 Å². The van der Waals surface area contributed by atoms with Gasteiger partial charge in [0, 0.05) is 13.6 Å². The minimum atomic E-state index is -3.62. The Kier molecular flexibility index (Phi) is 5.96. The summed E-state index contributed by atoms with van der Waals surface area (Å²) in [6, 6.07) is 6.11. The van der Waals surface area contributed by atoms with Gasteiger partial charge in [0.1, 0.15) is 4.90 Å². The Labute approximate surface area is 125 Å². The van der Waals surface area contributed by atoms with Crippen molar-refractivity contribution >= 4 is 21.6 Å². The first-order valence-electron chi connectivity index (χ1n) is 6.09. The van der Waals surface area contributed by atoms with Gasteiger partial charge in [-0.25, -0.2) is 12.7 Å². The van der Waals surface area contributed by atoms with E-state index in [1.54, 1.807) is 0 Å². The van der Waals surface area contributed by atoms with E-state index < -0.39 is 10.0 Å². The second-order valence-electron chi connectivity index (χ2n) is 4.74. The third-order valence-electron chi connectivity index (χ3n) is 2.83. The van der Waals surface area contributed by atoms with Crippen molar-refractivity contribution in [3.05, 3.63) is 28.8 Å². The third kappa shape index (κ3) is 4.18. The van der Waals surface area contributed by atoms with E-state index >= 15 is 0 Å². The van der Waals surface area contributed by atoms with E-state index in [2.05, 4.69) is 0 Å². The first kappa shape index (κ1) is 16.9. The van der Waals surface area contributed by atoms with Crippen molar-refractivity contribution in [1.29, 1.82) is 5.26 Å². The normalized spacial score (nSPS) is 11.8. The average molecular weight is 316 g/mol. The number of benzene rings is 1. The molecule has 1 rings (SSSR count). The van der Waals surface area contributed by atoms with Crippen LogP contribution in [0.5, 0.6) is 0 Å². The number of hydrogen-bond acceptors (Lipinski definition) is 4. The minimum Gasteiger partial charge on any atom is -0.309 e. The molecule has 5 nitrogen and oxygen atoms in total. The number of nitrogens with zero attached hydrogens (tertiary/aromatic N) is 3. The maximum absolute atomic E-state index is 12.4. The molecule has 0 heterocycles. The molecule has 0 N–H and O–H groups in total. The van der Waals surface area contributed by atoms with Crippen molar-refractivity contribution in [2.75, 3.05) is 34.2 Å². The lowest BCUT2D eigenvalue weighted by molar-refractivity contribution is 0.370. The first-order chi connectivity index (χ1) is 9.28. The lowest BCUT2D eigenvalue weighted by atomic mass is 10.2. The molecule has 0 spiro atoms. The van der Waals surface area contributed by atoms with Crippen molar-refractivity contribution in [3.63, 3.8) is 0 Å². The largest absolute Gasteiger partial charge is 0.309 e. The average Bonchev–Trinajstić information content (AvgIpc) is 2.37. The summed E-state index contributed by atoms with van der Waals surface area (Å²) in [5.74, 6) is 0. The van der Waals surface area contributed by atoms with Crippen LogP contribution < -0.4 is 0 Å². The molecule has 0 saturated carbocycles. The summed E-state index contributed by atoms with van der Waals surface area (Å²) in [4.78, 5) is 2.03. The van der Waals surface area contributed by atoms with Gasteiger partial charge in [-0.2, -0.15) is 5.26 Å².